The Morgan fingerprint density at radius 1 is 1.28 bits per heavy atom. The average molecular weight is 243 g/mol. The monoisotopic (exact) mass is 243 g/mol. The molecule has 4 rings (SSSR count). The normalized spacial score (nSPS) is 35.2. The first-order valence-electron chi connectivity index (χ1n) is 6.65. The summed E-state index contributed by atoms with van der Waals surface area (Å²) >= 11 is 0. The van der Waals surface area contributed by atoms with Gasteiger partial charge in [0.15, 0.2) is 0 Å². The van der Waals surface area contributed by atoms with Crippen LogP contribution < -0.4 is 5.32 Å². The standard InChI is InChI=1S/C14H17N3O/c18-14(8-11-1-2-12(9-14)16-11)10-3-5-17-6-4-15-13(17)7-10/h3-7,11-12,16,18H,1-2,8-9H2. The summed E-state index contributed by atoms with van der Waals surface area (Å²) in [5.41, 5.74) is 1.25. The van der Waals surface area contributed by atoms with Crippen molar-refractivity contribution in [3.8, 4) is 0 Å². The van der Waals surface area contributed by atoms with Crippen LogP contribution in [0, 0.1) is 0 Å². The first-order chi connectivity index (χ1) is 8.73. The van der Waals surface area contributed by atoms with Crippen LogP contribution >= 0.6 is 0 Å². The molecule has 0 spiro atoms. The van der Waals surface area contributed by atoms with Gasteiger partial charge in [0.2, 0.25) is 0 Å². The van der Waals surface area contributed by atoms with Gasteiger partial charge in [-0.15, -0.1) is 0 Å². The highest BCUT2D eigenvalue weighted by Crippen LogP contribution is 2.40. The number of aromatic nitrogens is 2. The fourth-order valence-corrected chi connectivity index (χ4v) is 3.56. The summed E-state index contributed by atoms with van der Waals surface area (Å²) in [6, 6.07) is 5.00. The summed E-state index contributed by atoms with van der Waals surface area (Å²) in [7, 11) is 0. The van der Waals surface area contributed by atoms with Crippen LogP contribution in [0.15, 0.2) is 30.7 Å². The molecule has 2 N–H and O–H groups in total. The van der Waals surface area contributed by atoms with E-state index in [1.54, 1.807) is 6.20 Å². The number of fused-ring (bicyclic) bond motifs is 3. The Morgan fingerprint density at radius 3 is 2.83 bits per heavy atom. The van der Waals surface area contributed by atoms with E-state index in [1.807, 2.05) is 28.9 Å². The molecule has 4 heteroatoms. The van der Waals surface area contributed by atoms with Crippen LogP contribution in [0.5, 0.6) is 0 Å². The molecule has 0 radical (unpaired) electrons. The molecular formula is C14H17N3O. The Kier molecular flexibility index (Phi) is 2.08. The molecule has 0 aliphatic carbocycles. The molecule has 2 aromatic heterocycles. The van der Waals surface area contributed by atoms with Crippen molar-refractivity contribution in [3.63, 3.8) is 0 Å². The topological polar surface area (TPSA) is 49.6 Å². The maximum Gasteiger partial charge on any atom is 0.137 e. The van der Waals surface area contributed by atoms with Gasteiger partial charge in [0, 0.05) is 30.7 Å². The fourth-order valence-electron chi connectivity index (χ4n) is 3.56. The fraction of sp³-hybridized carbons (Fsp3) is 0.500. The number of imidazole rings is 1. The molecule has 2 aromatic rings. The highest BCUT2D eigenvalue weighted by atomic mass is 16.3. The summed E-state index contributed by atoms with van der Waals surface area (Å²) in [6.07, 6.45) is 9.72. The van der Waals surface area contributed by atoms with Crippen LogP contribution in [0.2, 0.25) is 0 Å². The molecule has 2 aliphatic heterocycles. The average Bonchev–Trinajstić information content (AvgIpc) is 2.95. The zero-order valence-corrected chi connectivity index (χ0v) is 10.2. The molecular weight excluding hydrogens is 226 g/mol. The van der Waals surface area contributed by atoms with Crippen LogP contribution in [0.25, 0.3) is 5.65 Å². The van der Waals surface area contributed by atoms with Crippen LogP contribution in [0.1, 0.15) is 31.2 Å². The minimum atomic E-state index is -0.676. The molecule has 0 aromatic carbocycles. The second-order valence-corrected chi connectivity index (χ2v) is 5.69. The van der Waals surface area contributed by atoms with Crippen molar-refractivity contribution < 1.29 is 5.11 Å². The third-order valence-corrected chi connectivity index (χ3v) is 4.44. The molecule has 2 atom stereocenters. The van der Waals surface area contributed by atoms with Gasteiger partial charge in [-0.25, -0.2) is 4.98 Å². The van der Waals surface area contributed by atoms with Crippen molar-refractivity contribution in [3.05, 3.63) is 36.3 Å². The summed E-state index contributed by atoms with van der Waals surface area (Å²) in [5.74, 6) is 0. The van der Waals surface area contributed by atoms with Gasteiger partial charge in [-0.2, -0.15) is 0 Å². The van der Waals surface area contributed by atoms with E-state index in [2.05, 4.69) is 10.3 Å². The smallest absolute Gasteiger partial charge is 0.137 e. The van der Waals surface area contributed by atoms with E-state index < -0.39 is 5.60 Å². The Bertz CT molecular complexity index is 579. The lowest BCUT2D eigenvalue weighted by Gasteiger charge is -2.37. The van der Waals surface area contributed by atoms with Crippen molar-refractivity contribution in [1.29, 1.82) is 0 Å². The van der Waals surface area contributed by atoms with Crippen molar-refractivity contribution >= 4 is 5.65 Å². The Hall–Kier alpha value is -1.39. The van der Waals surface area contributed by atoms with Gasteiger partial charge in [-0.05, 0) is 43.4 Å². The quantitative estimate of drug-likeness (QED) is 0.796. The summed E-state index contributed by atoms with van der Waals surface area (Å²) in [4.78, 5) is 4.30. The van der Waals surface area contributed by atoms with Gasteiger partial charge in [0.1, 0.15) is 5.65 Å². The molecule has 18 heavy (non-hydrogen) atoms. The number of hydrogen-bond donors (Lipinski definition) is 2. The Balaban J connectivity index is 1.76. The lowest BCUT2D eigenvalue weighted by molar-refractivity contribution is -0.0114. The van der Waals surface area contributed by atoms with Crippen molar-refractivity contribution in [1.82, 2.24) is 14.7 Å². The predicted octanol–water partition coefficient (Wildman–Crippen LogP) is 1.44. The number of piperidine rings is 1. The largest absolute Gasteiger partial charge is 0.385 e. The minimum Gasteiger partial charge on any atom is -0.385 e. The van der Waals surface area contributed by atoms with Crippen LogP contribution in [0.4, 0.5) is 0 Å². The number of nitrogens with zero attached hydrogens (tertiary/aromatic N) is 2. The third-order valence-electron chi connectivity index (χ3n) is 4.44. The van der Waals surface area contributed by atoms with Crippen molar-refractivity contribution in [2.75, 3.05) is 0 Å². The Labute approximate surface area is 106 Å². The Morgan fingerprint density at radius 2 is 2.06 bits per heavy atom. The van der Waals surface area contributed by atoms with Crippen LogP contribution in [-0.2, 0) is 5.60 Å². The van der Waals surface area contributed by atoms with E-state index in [-0.39, 0.29) is 0 Å². The number of hydrogen-bond acceptors (Lipinski definition) is 3. The van der Waals surface area contributed by atoms with E-state index in [4.69, 9.17) is 0 Å². The SMILES string of the molecule is OC1(c2ccn3ccnc3c2)CC2CCC(C1)N2. The van der Waals surface area contributed by atoms with Crippen LogP contribution in [-0.4, -0.2) is 26.6 Å². The van der Waals surface area contributed by atoms with E-state index in [1.165, 1.54) is 12.8 Å². The molecule has 2 saturated heterocycles. The zero-order chi connectivity index (χ0) is 12.2. The molecule has 4 nitrogen and oxygen atoms in total. The number of aliphatic hydroxyl groups is 1. The summed E-state index contributed by atoms with van der Waals surface area (Å²) in [5, 5.41) is 14.5. The van der Waals surface area contributed by atoms with Gasteiger partial charge in [-0.3, -0.25) is 0 Å². The predicted molar refractivity (Wildman–Crippen MR) is 68.3 cm³/mol. The van der Waals surface area contributed by atoms with Gasteiger partial charge < -0.3 is 14.8 Å². The molecule has 0 amide bonds. The van der Waals surface area contributed by atoms with E-state index in [0.29, 0.717) is 12.1 Å². The number of nitrogens with one attached hydrogen (secondary N) is 1. The van der Waals surface area contributed by atoms with E-state index in [9.17, 15) is 5.11 Å². The number of rotatable bonds is 1. The second kappa shape index (κ2) is 3.56. The first-order valence-corrected chi connectivity index (χ1v) is 6.65. The van der Waals surface area contributed by atoms with E-state index >= 15 is 0 Å². The molecule has 2 aliphatic rings. The first kappa shape index (κ1) is 10.5. The molecule has 2 bridgehead atoms. The third kappa shape index (κ3) is 1.49. The summed E-state index contributed by atoms with van der Waals surface area (Å²) in [6.45, 7) is 0. The van der Waals surface area contributed by atoms with Gasteiger partial charge >= 0.3 is 0 Å². The van der Waals surface area contributed by atoms with Gasteiger partial charge in [0.25, 0.3) is 0 Å². The maximum absolute atomic E-state index is 10.9. The minimum absolute atomic E-state index is 0.477. The van der Waals surface area contributed by atoms with Crippen LogP contribution in [0.3, 0.4) is 0 Å². The van der Waals surface area contributed by atoms with Crippen molar-refractivity contribution in [2.45, 2.75) is 43.4 Å². The van der Waals surface area contributed by atoms with Gasteiger partial charge in [-0.1, -0.05) is 0 Å². The lowest BCUT2D eigenvalue weighted by Crippen LogP contribution is -2.46. The van der Waals surface area contributed by atoms with Gasteiger partial charge in [0.05, 0.1) is 5.60 Å². The zero-order valence-electron chi connectivity index (χ0n) is 10.2. The molecule has 0 saturated carbocycles. The van der Waals surface area contributed by atoms with Crippen molar-refractivity contribution in [2.24, 2.45) is 0 Å². The van der Waals surface area contributed by atoms with E-state index in [0.717, 1.165) is 24.1 Å². The summed E-state index contributed by atoms with van der Waals surface area (Å²) < 4.78 is 1.97. The highest BCUT2D eigenvalue weighted by molar-refractivity contribution is 5.43. The number of pyridine rings is 1. The lowest BCUT2D eigenvalue weighted by atomic mass is 9.82. The molecule has 2 fully saturated rings. The molecule has 94 valence electrons. The maximum atomic E-state index is 10.9. The highest BCUT2D eigenvalue weighted by Gasteiger charge is 2.43. The second-order valence-electron chi connectivity index (χ2n) is 5.69. The molecule has 2 unspecified atom stereocenters. The molecule has 4 heterocycles.